The van der Waals surface area contributed by atoms with Gasteiger partial charge in [0.05, 0.1) is 5.69 Å². The predicted octanol–water partition coefficient (Wildman–Crippen LogP) is 7.98. The average molecular weight is 608 g/mol. The number of nitrogens with zero attached hydrogens (tertiary/aromatic N) is 4. The Balaban J connectivity index is 1.06. The number of aromatic amines is 1. The molecule has 0 aliphatic carbocycles. The smallest absolute Gasteiger partial charge is 0.138 e. The Morgan fingerprint density at radius 3 is 2.05 bits per heavy atom. The summed E-state index contributed by atoms with van der Waals surface area (Å²) in [5, 5.41) is 0.685. The number of H-pyrrole nitrogens is 1. The van der Waals surface area contributed by atoms with Gasteiger partial charge in [0.25, 0.3) is 0 Å². The van der Waals surface area contributed by atoms with E-state index in [9.17, 15) is 0 Å². The molecule has 0 atom stereocenters. The summed E-state index contributed by atoms with van der Waals surface area (Å²) in [6.07, 6.45) is 4.62. The molecular formula is C36H38ClN5O2. The number of pyridine rings is 1. The average Bonchev–Trinajstić information content (AvgIpc) is 3.46. The summed E-state index contributed by atoms with van der Waals surface area (Å²) in [4.78, 5) is 17.6. The van der Waals surface area contributed by atoms with E-state index in [-0.39, 0.29) is 0 Å². The van der Waals surface area contributed by atoms with Gasteiger partial charge in [0, 0.05) is 72.6 Å². The van der Waals surface area contributed by atoms with E-state index in [4.69, 9.17) is 26.1 Å². The molecule has 1 saturated heterocycles. The number of rotatable bonds is 11. The van der Waals surface area contributed by atoms with E-state index in [2.05, 4.69) is 70.0 Å². The maximum absolute atomic E-state index is 6.11. The summed E-state index contributed by atoms with van der Waals surface area (Å²) < 4.78 is 12.1. The van der Waals surface area contributed by atoms with Crippen LogP contribution < -0.4 is 14.4 Å². The zero-order valence-corrected chi connectivity index (χ0v) is 26.0. The minimum absolute atomic E-state index is 0.490. The first-order chi connectivity index (χ1) is 21.5. The van der Waals surface area contributed by atoms with Crippen molar-refractivity contribution in [3.8, 4) is 39.9 Å². The number of aromatic nitrogens is 3. The number of imidazole rings is 1. The molecule has 1 N–H and O–H groups in total. The van der Waals surface area contributed by atoms with Crippen LogP contribution in [0.5, 0.6) is 17.2 Å². The molecule has 226 valence electrons. The van der Waals surface area contributed by atoms with Gasteiger partial charge in [-0.3, -0.25) is 9.88 Å². The molecular weight excluding hydrogens is 570 g/mol. The molecule has 3 heterocycles. The Morgan fingerprint density at radius 1 is 0.773 bits per heavy atom. The van der Waals surface area contributed by atoms with Crippen LogP contribution >= 0.6 is 11.6 Å². The van der Waals surface area contributed by atoms with Crippen molar-refractivity contribution in [2.24, 2.45) is 5.92 Å². The molecule has 0 amide bonds. The zero-order valence-electron chi connectivity index (χ0n) is 25.2. The molecule has 0 spiro atoms. The Morgan fingerprint density at radius 2 is 1.39 bits per heavy atom. The van der Waals surface area contributed by atoms with Crippen LogP contribution in [0.15, 0.2) is 97.3 Å². The lowest BCUT2D eigenvalue weighted by atomic mass is 10.0. The van der Waals surface area contributed by atoms with Crippen LogP contribution in [0.1, 0.15) is 19.5 Å². The number of piperazine rings is 1. The number of nitrogens with one attached hydrogen (secondary N) is 1. The minimum Gasteiger partial charge on any atom is -0.492 e. The summed E-state index contributed by atoms with van der Waals surface area (Å²) in [7, 11) is 0. The van der Waals surface area contributed by atoms with E-state index >= 15 is 0 Å². The van der Waals surface area contributed by atoms with Crippen molar-refractivity contribution in [2.75, 3.05) is 44.2 Å². The van der Waals surface area contributed by atoms with E-state index in [0.717, 1.165) is 84.7 Å². The monoisotopic (exact) mass is 607 g/mol. The number of hydrogen-bond acceptors (Lipinski definition) is 6. The number of halogens is 1. The van der Waals surface area contributed by atoms with Crippen molar-refractivity contribution >= 4 is 17.3 Å². The third-order valence-electron chi connectivity index (χ3n) is 7.77. The zero-order chi connectivity index (χ0) is 30.3. The molecule has 3 aromatic carbocycles. The van der Waals surface area contributed by atoms with Crippen LogP contribution in [0.25, 0.3) is 22.6 Å². The summed E-state index contributed by atoms with van der Waals surface area (Å²) in [5.74, 6) is 3.73. The van der Waals surface area contributed by atoms with Crippen molar-refractivity contribution in [1.82, 2.24) is 19.9 Å². The fourth-order valence-electron chi connectivity index (χ4n) is 5.45. The van der Waals surface area contributed by atoms with Crippen LogP contribution in [0.2, 0.25) is 5.02 Å². The van der Waals surface area contributed by atoms with Gasteiger partial charge in [0.15, 0.2) is 0 Å². The number of hydrogen-bond donors (Lipinski definition) is 1. The maximum atomic E-state index is 6.11. The highest BCUT2D eigenvalue weighted by atomic mass is 35.5. The summed E-state index contributed by atoms with van der Waals surface area (Å²) in [6, 6.07) is 27.8. The van der Waals surface area contributed by atoms with E-state index in [1.807, 2.05) is 60.9 Å². The fourth-order valence-corrected chi connectivity index (χ4v) is 5.57. The van der Waals surface area contributed by atoms with E-state index < -0.39 is 0 Å². The van der Waals surface area contributed by atoms with Gasteiger partial charge in [-0.1, -0.05) is 25.4 Å². The molecule has 0 unspecified atom stereocenters. The van der Waals surface area contributed by atoms with Crippen LogP contribution in [0.3, 0.4) is 0 Å². The number of ether oxygens (including phenoxy) is 2. The summed E-state index contributed by atoms with van der Waals surface area (Å²) >= 11 is 6.00. The lowest BCUT2D eigenvalue weighted by Gasteiger charge is -2.35. The van der Waals surface area contributed by atoms with Crippen molar-refractivity contribution in [1.29, 1.82) is 0 Å². The van der Waals surface area contributed by atoms with E-state index in [1.54, 1.807) is 0 Å². The first-order valence-corrected chi connectivity index (χ1v) is 15.6. The fraction of sp³-hybridized carbons (Fsp3) is 0.278. The lowest BCUT2D eigenvalue weighted by molar-refractivity contribution is 0.200. The highest BCUT2D eigenvalue weighted by molar-refractivity contribution is 6.30. The van der Waals surface area contributed by atoms with Crippen LogP contribution in [-0.2, 0) is 6.42 Å². The van der Waals surface area contributed by atoms with Crippen LogP contribution in [0, 0.1) is 5.92 Å². The Kier molecular flexibility index (Phi) is 9.44. The van der Waals surface area contributed by atoms with Crippen molar-refractivity contribution in [2.45, 2.75) is 20.3 Å². The van der Waals surface area contributed by atoms with Gasteiger partial charge in [0.2, 0.25) is 0 Å². The van der Waals surface area contributed by atoms with Crippen molar-refractivity contribution < 1.29 is 9.47 Å². The highest BCUT2D eigenvalue weighted by Gasteiger charge is 2.18. The van der Waals surface area contributed by atoms with Gasteiger partial charge in [0.1, 0.15) is 29.7 Å². The Bertz CT molecular complexity index is 1610. The Hall–Kier alpha value is -4.33. The van der Waals surface area contributed by atoms with Crippen molar-refractivity contribution in [3.63, 3.8) is 0 Å². The normalized spacial score (nSPS) is 13.8. The molecule has 6 rings (SSSR count). The van der Waals surface area contributed by atoms with E-state index in [1.165, 1.54) is 5.69 Å². The maximum Gasteiger partial charge on any atom is 0.138 e. The quantitative estimate of drug-likeness (QED) is 0.164. The molecule has 2 aromatic heterocycles. The summed E-state index contributed by atoms with van der Waals surface area (Å²) in [6.45, 7) is 10.1. The van der Waals surface area contributed by atoms with Gasteiger partial charge in [-0.15, -0.1) is 0 Å². The Labute approximate surface area is 264 Å². The largest absolute Gasteiger partial charge is 0.492 e. The second-order valence-electron chi connectivity index (χ2n) is 11.5. The van der Waals surface area contributed by atoms with Gasteiger partial charge in [-0.25, -0.2) is 4.98 Å². The highest BCUT2D eigenvalue weighted by Crippen LogP contribution is 2.31. The molecule has 8 heteroatoms. The van der Waals surface area contributed by atoms with Gasteiger partial charge < -0.3 is 19.4 Å². The third kappa shape index (κ3) is 7.59. The molecule has 7 nitrogen and oxygen atoms in total. The topological polar surface area (TPSA) is 66.5 Å². The van der Waals surface area contributed by atoms with Gasteiger partial charge in [-0.2, -0.15) is 0 Å². The molecule has 1 aliphatic heterocycles. The SMILES string of the molecule is CC(C)Cc1[nH]c(-c2ccc(OCCN3CCN(c4ccncc4)CC3)cc2)nc1-c1ccc(Oc2ccc(Cl)cc2)cc1. The van der Waals surface area contributed by atoms with Gasteiger partial charge >= 0.3 is 0 Å². The number of anilines is 1. The molecule has 44 heavy (non-hydrogen) atoms. The second kappa shape index (κ2) is 14.0. The van der Waals surface area contributed by atoms with Crippen LogP contribution in [-0.4, -0.2) is 59.2 Å². The predicted molar refractivity (Wildman–Crippen MR) is 178 cm³/mol. The van der Waals surface area contributed by atoms with E-state index in [0.29, 0.717) is 17.5 Å². The molecule has 0 saturated carbocycles. The number of benzene rings is 3. The third-order valence-corrected chi connectivity index (χ3v) is 8.02. The second-order valence-corrected chi connectivity index (χ2v) is 11.9. The first-order valence-electron chi connectivity index (χ1n) is 15.2. The first kappa shape index (κ1) is 29.7. The van der Waals surface area contributed by atoms with Crippen molar-refractivity contribution in [3.05, 3.63) is 108 Å². The van der Waals surface area contributed by atoms with Crippen LogP contribution in [0.4, 0.5) is 5.69 Å². The molecule has 1 aliphatic rings. The molecule has 5 aromatic rings. The van der Waals surface area contributed by atoms with Gasteiger partial charge in [-0.05, 0) is 97.3 Å². The summed E-state index contributed by atoms with van der Waals surface area (Å²) in [5.41, 5.74) is 5.42. The standard InChI is InChI=1S/C36H38ClN5O2/c1-26(2)25-34-35(27-3-11-32(12-4-27)44-33-13-7-29(37)8-14-33)40-36(39-34)28-5-9-31(10-6-28)43-24-23-41-19-21-42(22-20-41)30-15-17-38-18-16-30/h3-18,26H,19-25H2,1-2H3,(H,39,40). The lowest BCUT2D eigenvalue weighted by Crippen LogP contribution is -2.47. The minimum atomic E-state index is 0.490. The molecule has 1 fully saturated rings. The molecule has 0 radical (unpaired) electrons. The molecule has 0 bridgehead atoms.